The lowest BCUT2D eigenvalue weighted by atomic mass is 10.2. The van der Waals surface area contributed by atoms with Crippen molar-refractivity contribution in [3.8, 4) is 5.75 Å². The van der Waals surface area contributed by atoms with Gasteiger partial charge in [-0.3, -0.25) is 9.69 Å². The van der Waals surface area contributed by atoms with Crippen LogP contribution in [0.25, 0.3) is 0 Å². The van der Waals surface area contributed by atoms with Crippen LogP contribution in [0.1, 0.15) is 21.7 Å². The first-order valence-corrected chi connectivity index (χ1v) is 11.4. The number of nitrogens with zero attached hydrogens (tertiary/aromatic N) is 1. The number of alkyl halides is 3. The molecule has 11 heteroatoms. The fraction of sp³-hybridized carbons (Fsp3) is 0.250. The Morgan fingerprint density at radius 3 is 2.31 bits per heavy atom. The van der Waals surface area contributed by atoms with Gasteiger partial charge in [-0.1, -0.05) is 18.2 Å². The third-order valence-corrected chi connectivity index (χ3v) is 5.82. The van der Waals surface area contributed by atoms with Gasteiger partial charge in [0.15, 0.2) is 0 Å². The van der Waals surface area contributed by atoms with Crippen LogP contribution >= 0.6 is 11.3 Å². The molecule has 35 heavy (non-hydrogen) atoms. The SMILES string of the molecule is O=C(Nc1ccc(OC2CCN(Cc3ccc(F)cc3)C2)cc1)c1cccs1.O=C(O)C(F)(F)F. The van der Waals surface area contributed by atoms with Crippen molar-refractivity contribution < 1.29 is 37.0 Å². The number of aliphatic carboxylic acids is 1. The number of amides is 1. The number of anilines is 1. The fourth-order valence-corrected chi connectivity index (χ4v) is 3.91. The van der Waals surface area contributed by atoms with Gasteiger partial charge in [-0.15, -0.1) is 11.3 Å². The molecule has 0 spiro atoms. The monoisotopic (exact) mass is 510 g/mol. The molecule has 6 nitrogen and oxygen atoms in total. The number of carboxylic acid groups (broad SMARTS) is 1. The molecule has 1 aliphatic heterocycles. The predicted molar refractivity (Wildman–Crippen MR) is 123 cm³/mol. The van der Waals surface area contributed by atoms with Crippen molar-refractivity contribution in [1.29, 1.82) is 0 Å². The molecule has 0 saturated carbocycles. The highest BCUT2D eigenvalue weighted by molar-refractivity contribution is 7.12. The number of halogens is 4. The first-order chi connectivity index (χ1) is 16.6. The Morgan fingerprint density at radius 2 is 1.74 bits per heavy atom. The van der Waals surface area contributed by atoms with Gasteiger partial charge in [-0.25, -0.2) is 9.18 Å². The third-order valence-electron chi connectivity index (χ3n) is 4.95. The predicted octanol–water partition coefficient (Wildman–Crippen LogP) is 5.43. The highest BCUT2D eigenvalue weighted by atomic mass is 32.1. The number of carbonyl (C=O) groups is 2. The average molecular weight is 511 g/mol. The van der Waals surface area contributed by atoms with Crippen LogP contribution in [0.15, 0.2) is 66.0 Å². The van der Waals surface area contributed by atoms with Crippen LogP contribution < -0.4 is 10.1 Å². The zero-order valence-corrected chi connectivity index (χ0v) is 19.1. The summed E-state index contributed by atoms with van der Waals surface area (Å²) in [6.07, 6.45) is -4.00. The summed E-state index contributed by atoms with van der Waals surface area (Å²) in [6, 6.07) is 17.8. The molecular formula is C24H22F4N2O4S. The highest BCUT2D eigenvalue weighted by Gasteiger charge is 2.38. The number of hydrogen-bond acceptors (Lipinski definition) is 5. The summed E-state index contributed by atoms with van der Waals surface area (Å²) in [5, 5.41) is 11.9. The van der Waals surface area contributed by atoms with Crippen LogP contribution in [0, 0.1) is 5.82 Å². The van der Waals surface area contributed by atoms with E-state index in [9.17, 15) is 22.4 Å². The van der Waals surface area contributed by atoms with E-state index in [0.717, 1.165) is 43.1 Å². The summed E-state index contributed by atoms with van der Waals surface area (Å²) >= 11 is 1.42. The minimum Gasteiger partial charge on any atom is -0.489 e. The van der Waals surface area contributed by atoms with Crippen LogP contribution in [0.3, 0.4) is 0 Å². The Balaban J connectivity index is 0.000000429. The summed E-state index contributed by atoms with van der Waals surface area (Å²) in [5.41, 5.74) is 1.85. The van der Waals surface area contributed by atoms with E-state index in [1.165, 1.54) is 23.5 Å². The van der Waals surface area contributed by atoms with Crippen molar-refractivity contribution in [2.75, 3.05) is 18.4 Å². The van der Waals surface area contributed by atoms with Gasteiger partial charge in [0.2, 0.25) is 0 Å². The maximum atomic E-state index is 13.0. The number of nitrogens with one attached hydrogen (secondary N) is 1. The summed E-state index contributed by atoms with van der Waals surface area (Å²) in [7, 11) is 0. The number of thiophene rings is 1. The molecule has 0 aliphatic carbocycles. The van der Waals surface area contributed by atoms with Gasteiger partial charge in [0.25, 0.3) is 5.91 Å². The van der Waals surface area contributed by atoms with E-state index >= 15 is 0 Å². The van der Waals surface area contributed by atoms with E-state index < -0.39 is 12.1 Å². The van der Waals surface area contributed by atoms with Gasteiger partial charge in [0, 0.05) is 25.3 Å². The van der Waals surface area contributed by atoms with Crippen LogP contribution in [-0.4, -0.2) is 47.3 Å². The van der Waals surface area contributed by atoms with Crippen molar-refractivity contribution in [1.82, 2.24) is 4.90 Å². The molecule has 1 saturated heterocycles. The largest absolute Gasteiger partial charge is 0.490 e. The highest BCUT2D eigenvalue weighted by Crippen LogP contribution is 2.22. The summed E-state index contributed by atoms with van der Waals surface area (Å²) in [5.74, 6) is -2.27. The normalized spacial score (nSPS) is 15.7. The maximum absolute atomic E-state index is 13.0. The Kier molecular flexibility index (Phi) is 8.83. The first-order valence-electron chi connectivity index (χ1n) is 10.5. The quantitative estimate of drug-likeness (QED) is 0.433. The van der Waals surface area contributed by atoms with E-state index in [0.29, 0.717) is 4.88 Å². The maximum Gasteiger partial charge on any atom is 0.490 e. The number of rotatable bonds is 6. The molecule has 2 N–H and O–H groups in total. The van der Waals surface area contributed by atoms with Crippen molar-refractivity contribution in [2.24, 2.45) is 0 Å². The Morgan fingerprint density at radius 1 is 1.09 bits per heavy atom. The number of carboxylic acids is 1. The smallest absolute Gasteiger partial charge is 0.489 e. The summed E-state index contributed by atoms with van der Waals surface area (Å²) in [6.45, 7) is 2.60. The molecule has 1 aliphatic rings. The number of carbonyl (C=O) groups excluding carboxylic acids is 1. The van der Waals surface area contributed by atoms with Crippen LogP contribution in [0.4, 0.5) is 23.2 Å². The molecule has 3 aromatic rings. The van der Waals surface area contributed by atoms with Gasteiger partial charge in [-0.2, -0.15) is 13.2 Å². The van der Waals surface area contributed by atoms with E-state index in [4.69, 9.17) is 14.6 Å². The lowest BCUT2D eigenvalue weighted by Gasteiger charge is -2.17. The van der Waals surface area contributed by atoms with E-state index in [1.807, 2.05) is 47.8 Å². The van der Waals surface area contributed by atoms with Gasteiger partial charge in [0.05, 0.1) is 4.88 Å². The average Bonchev–Trinajstić information content (AvgIpc) is 3.49. The zero-order chi connectivity index (χ0) is 25.4. The Labute approximate surface area is 202 Å². The van der Waals surface area contributed by atoms with Crippen molar-refractivity contribution in [2.45, 2.75) is 25.2 Å². The standard InChI is InChI=1S/C22H21FN2O2S.C2HF3O2/c23-17-5-3-16(4-6-17)14-25-12-11-20(15-25)27-19-9-7-18(8-10-19)24-22(26)21-2-1-13-28-21;3-2(4,5)1(6)7/h1-10,13,20H,11-12,14-15H2,(H,24,26);(H,6,7). The molecule has 1 aromatic heterocycles. The van der Waals surface area contributed by atoms with Crippen molar-refractivity contribution in [3.63, 3.8) is 0 Å². The number of likely N-dealkylation sites (tertiary alicyclic amines) is 1. The molecule has 1 fully saturated rings. The molecule has 2 aromatic carbocycles. The molecule has 0 bridgehead atoms. The summed E-state index contributed by atoms with van der Waals surface area (Å²) < 4.78 is 50.8. The number of benzene rings is 2. The van der Waals surface area contributed by atoms with Gasteiger partial charge < -0.3 is 15.2 Å². The molecule has 2 heterocycles. The van der Waals surface area contributed by atoms with Crippen molar-refractivity contribution >= 4 is 28.9 Å². The zero-order valence-electron chi connectivity index (χ0n) is 18.3. The van der Waals surface area contributed by atoms with Crippen molar-refractivity contribution in [3.05, 3.63) is 82.3 Å². The molecule has 0 radical (unpaired) electrons. The molecule has 4 rings (SSSR count). The lowest BCUT2D eigenvalue weighted by molar-refractivity contribution is -0.192. The van der Waals surface area contributed by atoms with Gasteiger partial charge in [0.1, 0.15) is 17.7 Å². The molecule has 1 atom stereocenters. The minimum absolute atomic E-state index is 0.101. The van der Waals surface area contributed by atoms with Crippen LogP contribution in [-0.2, 0) is 11.3 Å². The first kappa shape index (κ1) is 26.2. The molecule has 1 amide bonds. The Bertz CT molecular complexity index is 1100. The van der Waals surface area contributed by atoms with E-state index in [-0.39, 0.29) is 17.8 Å². The topological polar surface area (TPSA) is 78.9 Å². The molecule has 186 valence electrons. The second kappa shape index (κ2) is 11.8. The molecule has 1 unspecified atom stereocenters. The minimum atomic E-state index is -5.08. The second-order valence-corrected chi connectivity index (χ2v) is 8.60. The number of ether oxygens (including phenoxy) is 1. The van der Waals surface area contributed by atoms with Gasteiger partial charge in [-0.05, 0) is 59.8 Å². The second-order valence-electron chi connectivity index (χ2n) is 7.65. The van der Waals surface area contributed by atoms with Gasteiger partial charge >= 0.3 is 12.1 Å². The fourth-order valence-electron chi connectivity index (χ4n) is 3.29. The van der Waals surface area contributed by atoms with E-state index in [2.05, 4.69) is 10.2 Å². The third kappa shape index (κ3) is 8.37. The van der Waals surface area contributed by atoms with Crippen LogP contribution in [0.5, 0.6) is 5.75 Å². The van der Waals surface area contributed by atoms with Crippen LogP contribution in [0.2, 0.25) is 0 Å². The Hall–Kier alpha value is -3.44. The van der Waals surface area contributed by atoms with E-state index in [1.54, 1.807) is 6.07 Å². The number of hydrogen-bond donors (Lipinski definition) is 2. The lowest BCUT2D eigenvalue weighted by Crippen LogP contribution is -2.24. The summed E-state index contributed by atoms with van der Waals surface area (Å²) in [4.78, 5) is 24.0. The molecular weight excluding hydrogens is 488 g/mol.